The van der Waals surface area contributed by atoms with Gasteiger partial charge in [-0.15, -0.1) is 24.8 Å². The van der Waals surface area contributed by atoms with E-state index in [9.17, 15) is 9.59 Å². The monoisotopic (exact) mass is 670 g/mol. The third-order valence-electron chi connectivity index (χ3n) is 8.14. The number of fused-ring (bicyclic) bond motifs is 2. The largest absolute Gasteiger partial charge is 0.494 e. The third-order valence-corrected chi connectivity index (χ3v) is 8.14. The van der Waals surface area contributed by atoms with Crippen LogP contribution in [0.1, 0.15) is 40.5 Å². The van der Waals surface area contributed by atoms with Crippen LogP contribution in [-0.4, -0.2) is 77.0 Å². The van der Waals surface area contributed by atoms with E-state index in [0.29, 0.717) is 47.7 Å². The molecule has 0 unspecified atom stereocenters. The van der Waals surface area contributed by atoms with Crippen LogP contribution in [0.5, 0.6) is 5.75 Å². The second-order valence-corrected chi connectivity index (χ2v) is 12.4. The molecule has 46 heavy (non-hydrogen) atoms. The zero-order chi connectivity index (χ0) is 31.4. The summed E-state index contributed by atoms with van der Waals surface area (Å²) in [6.45, 7) is 9.35. The number of hydrogen-bond donors (Lipinski definition) is 4. The summed E-state index contributed by atoms with van der Waals surface area (Å²) in [5.74, 6) is 0.717. The lowest BCUT2D eigenvalue weighted by molar-refractivity contribution is -0.140. The van der Waals surface area contributed by atoms with Crippen molar-refractivity contribution in [3.63, 3.8) is 0 Å². The quantitative estimate of drug-likeness (QED) is 0.177. The van der Waals surface area contributed by atoms with Crippen molar-refractivity contribution < 1.29 is 14.3 Å². The van der Waals surface area contributed by atoms with E-state index >= 15 is 0 Å². The molecule has 3 heterocycles. The van der Waals surface area contributed by atoms with Gasteiger partial charge in [0, 0.05) is 36.0 Å². The molecule has 4 N–H and O–H groups in total. The molecule has 2 aromatic heterocycles. The molecule has 0 aliphatic carbocycles. The standard InChI is InChI=1S/C33H42N8O3.2ClH/c1-20(34-5)17-36-29(33(2,3)4)32(43)41-13-9-12-27(41)31(42)40-26-15-23-25(16-28(26)44-6)37-19-38-30(23)39-22-14-21-10-7-8-11-24(21)35-18-22;;/h7-8,10-11,14-16,18-20,27,29,34,36H,9,12-13,17H2,1-6H3,(H,40,42)(H,37,38,39);2*1H/t20-,27-,29+;;/m0../s1. The summed E-state index contributed by atoms with van der Waals surface area (Å²) in [7, 11) is 3.45. The van der Waals surface area contributed by atoms with Crippen molar-refractivity contribution in [3.05, 3.63) is 55.0 Å². The molecule has 11 nitrogen and oxygen atoms in total. The van der Waals surface area contributed by atoms with Crippen molar-refractivity contribution in [2.45, 2.75) is 58.7 Å². The number of carbonyl (C=O) groups excluding carboxylic acids is 2. The van der Waals surface area contributed by atoms with Crippen LogP contribution in [0, 0.1) is 5.41 Å². The summed E-state index contributed by atoms with van der Waals surface area (Å²) in [4.78, 5) is 42.8. The Labute approximate surface area is 282 Å². The van der Waals surface area contributed by atoms with Gasteiger partial charge in [0.2, 0.25) is 11.8 Å². The average Bonchev–Trinajstić information content (AvgIpc) is 3.51. The fourth-order valence-corrected chi connectivity index (χ4v) is 5.57. The SMILES string of the molecule is CN[C@@H](C)CN[C@H](C(=O)N1CCC[C@H]1C(=O)Nc1cc2c(Nc3cnc4ccccc4c3)ncnc2cc1OC)C(C)(C)C.Cl.Cl. The number of amides is 2. The highest BCUT2D eigenvalue weighted by molar-refractivity contribution is 6.03. The summed E-state index contributed by atoms with van der Waals surface area (Å²) in [6.07, 6.45) is 4.58. The van der Waals surface area contributed by atoms with Gasteiger partial charge in [0.1, 0.15) is 23.9 Å². The van der Waals surface area contributed by atoms with E-state index in [1.807, 2.05) is 64.2 Å². The molecular formula is C33H44Cl2N8O3. The third kappa shape index (κ3) is 8.14. The van der Waals surface area contributed by atoms with Crippen molar-refractivity contribution in [1.29, 1.82) is 0 Å². The van der Waals surface area contributed by atoms with Gasteiger partial charge >= 0.3 is 0 Å². The average molecular weight is 672 g/mol. The fourth-order valence-electron chi connectivity index (χ4n) is 5.57. The Hall–Kier alpha value is -3.77. The highest BCUT2D eigenvalue weighted by Gasteiger charge is 2.41. The van der Waals surface area contributed by atoms with E-state index in [0.717, 1.165) is 23.0 Å². The molecule has 0 bridgehead atoms. The molecule has 0 saturated carbocycles. The number of likely N-dealkylation sites (tertiary alicyclic amines) is 1. The topological polar surface area (TPSA) is 133 Å². The van der Waals surface area contributed by atoms with Crippen molar-refractivity contribution in [1.82, 2.24) is 30.5 Å². The van der Waals surface area contributed by atoms with Crippen LogP contribution in [0.3, 0.4) is 0 Å². The molecule has 2 aromatic carbocycles. The highest BCUT2D eigenvalue weighted by Crippen LogP contribution is 2.34. The van der Waals surface area contributed by atoms with E-state index in [2.05, 4.69) is 43.1 Å². The summed E-state index contributed by atoms with van der Waals surface area (Å²) in [6, 6.07) is 12.7. The molecule has 0 radical (unpaired) electrons. The number of pyridine rings is 1. The molecule has 0 spiro atoms. The summed E-state index contributed by atoms with van der Waals surface area (Å²) < 4.78 is 5.64. The van der Waals surface area contributed by atoms with Gasteiger partial charge in [0.25, 0.3) is 0 Å². The number of ether oxygens (including phenoxy) is 1. The van der Waals surface area contributed by atoms with Gasteiger partial charge < -0.3 is 30.9 Å². The minimum Gasteiger partial charge on any atom is -0.494 e. The number of carbonyl (C=O) groups is 2. The molecule has 2 amide bonds. The Morgan fingerprint density at radius 3 is 2.54 bits per heavy atom. The lowest BCUT2D eigenvalue weighted by atomic mass is 9.85. The number of halogens is 2. The first-order valence-electron chi connectivity index (χ1n) is 15.1. The second kappa shape index (κ2) is 15.7. The molecule has 1 aliphatic heterocycles. The molecule has 1 fully saturated rings. The van der Waals surface area contributed by atoms with Crippen LogP contribution in [0.4, 0.5) is 17.2 Å². The highest BCUT2D eigenvalue weighted by atomic mass is 35.5. The molecule has 3 atom stereocenters. The zero-order valence-electron chi connectivity index (χ0n) is 27.1. The van der Waals surface area contributed by atoms with Crippen molar-refractivity contribution in [3.8, 4) is 5.75 Å². The number of nitrogens with zero attached hydrogens (tertiary/aromatic N) is 4. The molecular weight excluding hydrogens is 627 g/mol. The van der Waals surface area contributed by atoms with Gasteiger partial charge in [0.05, 0.1) is 41.8 Å². The van der Waals surface area contributed by atoms with Gasteiger partial charge in [-0.25, -0.2) is 9.97 Å². The maximum atomic E-state index is 13.9. The Balaban J connectivity index is 0.00000288. The minimum absolute atomic E-state index is 0. The van der Waals surface area contributed by atoms with Crippen LogP contribution < -0.4 is 26.0 Å². The molecule has 13 heteroatoms. The maximum absolute atomic E-state index is 13.9. The second-order valence-electron chi connectivity index (χ2n) is 12.4. The Bertz CT molecular complexity index is 1670. The van der Waals surface area contributed by atoms with Crippen molar-refractivity contribution in [2.75, 3.05) is 37.9 Å². The van der Waals surface area contributed by atoms with Gasteiger partial charge in [-0.1, -0.05) is 39.0 Å². The van der Waals surface area contributed by atoms with Crippen LogP contribution in [0.2, 0.25) is 0 Å². The first kappa shape index (κ1) is 36.7. The number of aromatic nitrogens is 3. The first-order valence-corrected chi connectivity index (χ1v) is 15.1. The zero-order valence-corrected chi connectivity index (χ0v) is 28.7. The van der Waals surface area contributed by atoms with E-state index in [-0.39, 0.29) is 48.1 Å². The van der Waals surface area contributed by atoms with Crippen LogP contribution in [0.25, 0.3) is 21.8 Å². The van der Waals surface area contributed by atoms with Gasteiger partial charge in [-0.2, -0.15) is 0 Å². The number of likely N-dealkylation sites (N-methyl/N-ethyl adjacent to an activating group) is 1. The lowest BCUT2D eigenvalue weighted by Crippen LogP contribution is -2.57. The normalized spacial score (nSPS) is 15.9. The number of para-hydroxylation sites is 1. The number of nitrogens with one attached hydrogen (secondary N) is 4. The van der Waals surface area contributed by atoms with Crippen molar-refractivity contribution >= 4 is 75.6 Å². The molecule has 1 aliphatic rings. The minimum atomic E-state index is -0.593. The molecule has 5 rings (SSSR count). The van der Waals surface area contributed by atoms with Gasteiger partial charge in [-0.05, 0) is 50.4 Å². The van der Waals surface area contributed by atoms with Gasteiger partial charge in [-0.3, -0.25) is 14.6 Å². The summed E-state index contributed by atoms with van der Waals surface area (Å²) in [5.41, 5.74) is 2.47. The molecule has 4 aromatic rings. The predicted molar refractivity (Wildman–Crippen MR) is 189 cm³/mol. The maximum Gasteiger partial charge on any atom is 0.247 e. The van der Waals surface area contributed by atoms with E-state index < -0.39 is 12.1 Å². The Morgan fingerprint density at radius 1 is 1.07 bits per heavy atom. The number of rotatable bonds is 10. The van der Waals surface area contributed by atoms with Crippen molar-refractivity contribution in [2.24, 2.45) is 5.41 Å². The lowest BCUT2D eigenvalue weighted by Gasteiger charge is -2.36. The predicted octanol–water partition coefficient (Wildman–Crippen LogP) is 5.32. The molecule has 1 saturated heterocycles. The van der Waals surface area contributed by atoms with E-state index in [4.69, 9.17) is 4.74 Å². The van der Waals surface area contributed by atoms with E-state index in [1.54, 1.807) is 24.3 Å². The Morgan fingerprint density at radius 2 is 1.83 bits per heavy atom. The van der Waals surface area contributed by atoms with Crippen LogP contribution in [-0.2, 0) is 9.59 Å². The smallest absolute Gasteiger partial charge is 0.247 e. The van der Waals surface area contributed by atoms with Crippen LogP contribution >= 0.6 is 24.8 Å². The van der Waals surface area contributed by atoms with Crippen LogP contribution in [0.15, 0.2) is 55.0 Å². The first-order chi connectivity index (χ1) is 21.1. The molecule has 248 valence electrons. The fraction of sp³-hybridized carbons (Fsp3) is 0.424. The van der Waals surface area contributed by atoms with E-state index in [1.165, 1.54) is 6.33 Å². The summed E-state index contributed by atoms with van der Waals surface area (Å²) in [5, 5.41) is 14.7. The van der Waals surface area contributed by atoms with Gasteiger partial charge in [0.15, 0.2) is 0 Å². The summed E-state index contributed by atoms with van der Waals surface area (Å²) >= 11 is 0. The number of anilines is 3. The number of benzene rings is 2. The Kier molecular flexibility index (Phi) is 12.5. The number of hydrogen-bond acceptors (Lipinski definition) is 9. The number of methoxy groups -OCH3 is 1.